The van der Waals surface area contributed by atoms with Crippen molar-refractivity contribution in [1.82, 2.24) is 4.90 Å². The molecule has 0 unspecified atom stereocenters. The summed E-state index contributed by atoms with van der Waals surface area (Å²) in [5.41, 5.74) is 0.530. The summed E-state index contributed by atoms with van der Waals surface area (Å²) < 4.78 is 14.6. The van der Waals surface area contributed by atoms with Crippen molar-refractivity contribution in [2.45, 2.75) is 11.4 Å². The van der Waals surface area contributed by atoms with Crippen LogP contribution >= 0.6 is 27.7 Å². The van der Waals surface area contributed by atoms with E-state index in [1.54, 1.807) is 30.1 Å². The molecular formula is C16H15BrFNOS. The van der Waals surface area contributed by atoms with Gasteiger partial charge in [0.25, 0.3) is 0 Å². The summed E-state index contributed by atoms with van der Waals surface area (Å²) in [6, 6.07) is 14.3. The third-order valence-electron chi connectivity index (χ3n) is 2.97. The van der Waals surface area contributed by atoms with E-state index in [1.165, 1.54) is 17.8 Å². The van der Waals surface area contributed by atoms with Crippen LogP contribution in [0.2, 0.25) is 0 Å². The Bertz CT molecular complexity index is 618. The second-order valence-corrected chi connectivity index (χ2v) is 6.55. The van der Waals surface area contributed by atoms with Crippen LogP contribution in [-0.4, -0.2) is 23.6 Å². The second-order valence-electron chi connectivity index (χ2n) is 4.58. The molecule has 0 aromatic heterocycles. The molecule has 2 rings (SSSR count). The highest BCUT2D eigenvalue weighted by Gasteiger charge is 2.11. The smallest absolute Gasteiger partial charge is 0.232 e. The van der Waals surface area contributed by atoms with E-state index in [2.05, 4.69) is 15.9 Å². The van der Waals surface area contributed by atoms with Gasteiger partial charge >= 0.3 is 0 Å². The molecule has 2 nitrogen and oxygen atoms in total. The fourth-order valence-electron chi connectivity index (χ4n) is 1.76. The average molecular weight is 368 g/mol. The molecule has 0 heterocycles. The fraction of sp³-hybridized carbons (Fsp3) is 0.188. The lowest BCUT2D eigenvalue weighted by atomic mass is 10.2. The molecule has 2 aromatic rings. The number of amides is 1. The first kappa shape index (κ1) is 16.0. The van der Waals surface area contributed by atoms with Gasteiger partial charge in [-0.15, -0.1) is 11.8 Å². The van der Waals surface area contributed by atoms with Crippen molar-refractivity contribution in [3.63, 3.8) is 0 Å². The highest BCUT2D eigenvalue weighted by molar-refractivity contribution is 9.10. The van der Waals surface area contributed by atoms with Gasteiger partial charge in [0.1, 0.15) is 5.82 Å². The summed E-state index contributed by atoms with van der Waals surface area (Å²) in [5.74, 6) is 0.0379. The third-order valence-corrected chi connectivity index (χ3v) is 4.49. The van der Waals surface area contributed by atoms with Crippen LogP contribution in [0.3, 0.4) is 0 Å². The molecule has 0 saturated heterocycles. The van der Waals surface area contributed by atoms with E-state index in [9.17, 15) is 9.18 Å². The number of benzene rings is 2. The minimum atomic E-state index is -0.280. The van der Waals surface area contributed by atoms with Crippen molar-refractivity contribution in [3.05, 3.63) is 64.4 Å². The Morgan fingerprint density at radius 2 is 1.86 bits per heavy atom. The maximum atomic E-state index is 13.6. The predicted molar refractivity (Wildman–Crippen MR) is 87.7 cm³/mol. The molecule has 0 fully saturated rings. The minimum Gasteiger partial charge on any atom is -0.341 e. The maximum absolute atomic E-state index is 13.6. The Kier molecular flexibility index (Phi) is 5.82. The number of hydrogen-bond donors (Lipinski definition) is 0. The maximum Gasteiger partial charge on any atom is 0.232 e. The van der Waals surface area contributed by atoms with Crippen LogP contribution in [0.4, 0.5) is 4.39 Å². The Morgan fingerprint density at radius 3 is 2.52 bits per heavy atom. The summed E-state index contributed by atoms with van der Waals surface area (Å²) in [4.78, 5) is 14.7. The zero-order chi connectivity index (χ0) is 15.2. The van der Waals surface area contributed by atoms with Gasteiger partial charge in [0.05, 0.1) is 5.75 Å². The third kappa shape index (κ3) is 4.86. The van der Waals surface area contributed by atoms with Crippen molar-refractivity contribution < 1.29 is 9.18 Å². The molecular weight excluding hydrogens is 353 g/mol. The number of nitrogens with zero attached hydrogens (tertiary/aromatic N) is 1. The molecule has 0 atom stereocenters. The van der Waals surface area contributed by atoms with Crippen LogP contribution < -0.4 is 0 Å². The number of thioether (sulfide) groups is 1. The largest absolute Gasteiger partial charge is 0.341 e. The normalized spacial score (nSPS) is 10.4. The van der Waals surface area contributed by atoms with Crippen molar-refractivity contribution in [3.8, 4) is 0 Å². The molecule has 0 saturated carbocycles. The van der Waals surface area contributed by atoms with Crippen LogP contribution in [0, 0.1) is 5.82 Å². The number of hydrogen-bond acceptors (Lipinski definition) is 2. The molecule has 0 spiro atoms. The molecule has 0 aliphatic carbocycles. The van der Waals surface area contributed by atoms with Crippen molar-refractivity contribution in [2.75, 3.05) is 12.8 Å². The van der Waals surface area contributed by atoms with E-state index in [1.807, 2.05) is 24.3 Å². The molecule has 1 amide bonds. The molecule has 5 heteroatoms. The summed E-state index contributed by atoms with van der Waals surface area (Å²) in [5, 5.41) is 0. The van der Waals surface area contributed by atoms with E-state index in [0.29, 0.717) is 11.3 Å². The highest BCUT2D eigenvalue weighted by atomic mass is 79.9. The Morgan fingerprint density at radius 1 is 1.19 bits per heavy atom. The van der Waals surface area contributed by atoms with E-state index >= 15 is 0 Å². The SMILES string of the molecule is CN(Cc1ccccc1F)C(=O)CSc1ccc(Br)cc1. The van der Waals surface area contributed by atoms with Crippen LogP contribution in [0.15, 0.2) is 57.9 Å². The molecule has 110 valence electrons. The van der Waals surface area contributed by atoms with Gasteiger partial charge in [-0.2, -0.15) is 0 Å². The van der Waals surface area contributed by atoms with Gasteiger partial charge in [-0.3, -0.25) is 4.79 Å². The zero-order valence-electron chi connectivity index (χ0n) is 11.6. The van der Waals surface area contributed by atoms with Gasteiger partial charge in [-0.1, -0.05) is 34.1 Å². The van der Waals surface area contributed by atoms with Crippen molar-refractivity contribution in [1.29, 1.82) is 0 Å². The second kappa shape index (κ2) is 7.61. The Hall–Kier alpha value is -1.33. The van der Waals surface area contributed by atoms with Crippen LogP contribution in [-0.2, 0) is 11.3 Å². The summed E-state index contributed by atoms with van der Waals surface area (Å²) >= 11 is 4.85. The van der Waals surface area contributed by atoms with Gasteiger partial charge in [-0.05, 0) is 30.3 Å². The lowest BCUT2D eigenvalue weighted by Gasteiger charge is -2.17. The van der Waals surface area contributed by atoms with Crippen molar-refractivity contribution in [2.24, 2.45) is 0 Å². The van der Waals surface area contributed by atoms with E-state index in [-0.39, 0.29) is 18.3 Å². The zero-order valence-corrected chi connectivity index (χ0v) is 14.0. The van der Waals surface area contributed by atoms with E-state index in [4.69, 9.17) is 0 Å². The fourth-order valence-corrected chi connectivity index (χ4v) is 2.86. The molecule has 2 aromatic carbocycles. The van der Waals surface area contributed by atoms with E-state index < -0.39 is 0 Å². The quantitative estimate of drug-likeness (QED) is 0.732. The Balaban J connectivity index is 1.88. The Labute approximate surface area is 136 Å². The minimum absolute atomic E-state index is 0.0221. The average Bonchev–Trinajstić information content (AvgIpc) is 2.48. The predicted octanol–water partition coefficient (Wildman–Crippen LogP) is 4.34. The van der Waals surface area contributed by atoms with Gasteiger partial charge in [0.2, 0.25) is 5.91 Å². The standard InChI is InChI=1S/C16H15BrFNOS/c1-19(10-12-4-2-3-5-15(12)18)16(20)11-21-14-8-6-13(17)7-9-14/h2-9H,10-11H2,1H3. The number of halogens is 2. The number of carbonyl (C=O) groups excluding carboxylic acids is 1. The van der Waals surface area contributed by atoms with Crippen LogP contribution in [0.5, 0.6) is 0 Å². The molecule has 0 aliphatic rings. The van der Waals surface area contributed by atoms with Crippen molar-refractivity contribution >= 4 is 33.6 Å². The van der Waals surface area contributed by atoms with E-state index in [0.717, 1.165) is 9.37 Å². The summed E-state index contributed by atoms with van der Waals surface area (Å²) in [6.45, 7) is 0.284. The molecule has 0 bridgehead atoms. The number of rotatable bonds is 5. The molecule has 0 N–H and O–H groups in total. The van der Waals surface area contributed by atoms with Crippen LogP contribution in [0.25, 0.3) is 0 Å². The topological polar surface area (TPSA) is 20.3 Å². The van der Waals surface area contributed by atoms with Gasteiger partial charge in [-0.25, -0.2) is 4.39 Å². The highest BCUT2D eigenvalue weighted by Crippen LogP contribution is 2.21. The van der Waals surface area contributed by atoms with Crippen LogP contribution in [0.1, 0.15) is 5.56 Å². The van der Waals surface area contributed by atoms with Gasteiger partial charge in [0, 0.05) is 28.5 Å². The number of carbonyl (C=O) groups is 1. The monoisotopic (exact) mass is 367 g/mol. The lowest BCUT2D eigenvalue weighted by Crippen LogP contribution is -2.28. The first-order valence-electron chi connectivity index (χ1n) is 6.42. The first-order chi connectivity index (χ1) is 10.1. The lowest BCUT2D eigenvalue weighted by molar-refractivity contribution is -0.127. The summed E-state index contributed by atoms with van der Waals surface area (Å²) in [6.07, 6.45) is 0. The summed E-state index contributed by atoms with van der Waals surface area (Å²) in [7, 11) is 1.69. The molecule has 21 heavy (non-hydrogen) atoms. The van der Waals surface area contributed by atoms with Gasteiger partial charge in [0.15, 0.2) is 0 Å². The van der Waals surface area contributed by atoms with Gasteiger partial charge < -0.3 is 4.90 Å². The molecule has 0 radical (unpaired) electrons. The molecule has 0 aliphatic heterocycles. The first-order valence-corrected chi connectivity index (χ1v) is 8.20.